The summed E-state index contributed by atoms with van der Waals surface area (Å²) in [6.45, 7) is 3.85. The fraction of sp³-hybridized carbons (Fsp3) is 0.500. The first-order valence-electron chi connectivity index (χ1n) is 5.51. The van der Waals surface area contributed by atoms with E-state index >= 15 is 0 Å². The fourth-order valence-electron chi connectivity index (χ4n) is 1.35. The Morgan fingerprint density at radius 1 is 1.44 bits per heavy atom. The predicted molar refractivity (Wildman–Crippen MR) is 68.3 cm³/mol. The lowest BCUT2D eigenvalue weighted by Gasteiger charge is -1.98. The lowest BCUT2D eigenvalue weighted by atomic mass is 10.2. The zero-order chi connectivity index (χ0) is 13.2. The topological polar surface area (TPSA) is 88.6 Å². The lowest BCUT2D eigenvalue weighted by molar-refractivity contribution is 0.586. The van der Waals surface area contributed by atoms with Gasteiger partial charge in [0.1, 0.15) is 5.82 Å². The van der Waals surface area contributed by atoms with Gasteiger partial charge in [0.15, 0.2) is 0 Å². The van der Waals surface area contributed by atoms with Crippen molar-refractivity contribution in [2.45, 2.75) is 31.3 Å². The van der Waals surface area contributed by atoms with E-state index in [0.717, 1.165) is 5.69 Å². The molecule has 2 rings (SSSR count). The molecule has 0 aromatic carbocycles. The van der Waals surface area contributed by atoms with E-state index in [4.69, 9.17) is 0 Å². The highest BCUT2D eigenvalue weighted by molar-refractivity contribution is 7.91. The number of hydrogen-bond donors (Lipinski definition) is 1. The van der Waals surface area contributed by atoms with Crippen LogP contribution in [0.25, 0.3) is 0 Å². The molecule has 0 unspecified atom stereocenters. The molecule has 98 valence electrons. The van der Waals surface area contributed by atoms with Gasteiger partial charge in [0, 0.05) is 17.7 Å². The SMILES string of the molecule is CC(C)c1nc(S(=O)(=O)CCc2cscn2)n[nH]1. The summed E-state index contributed by atoms with van der Waals surface area (Å²) in [4.78, 5) is 8.06. The van der Waals surface area contributed by atoms with Crippen LogP contribution in [0.2, 0.25) is 0 Å². The Morgan fingerprint density at radius 3 is 2.78 bits per heavy atom. The number of nitrogens with zero attached hydrogens (tertiary/aromatic N) is 3. The second-order valence-electron chi connectivity index (χ2n) is 4.21. The molecule has 2 heterocycles. The molecular weight excluding hydrogens is 272 g/mol. The normalized spacial score (nSPS) is 12.2. The second-order valence-corrected chi connectivity index (χ2v) is 6.93. The van der Waals surface area contributed by atoms with Crippen molar-refractivity contribution in [1.82, 2.24) is 20.2 Å². The van der Waals surface area contributed by atoms with Gasteiger partial charge < -0.3 is 0 Å². The zero-order valence-electron chi connectivity index (χ0n) is 10.1. The first-order valence-corrected chi connectivity index (χ1v) is 8.10. The Kier molecular flexibility index (Phi) is 3.76. The van der Waals surface area contributed by atoms with Gasteiger partial charge in [0.2, 0.25) is 9.84 Å². The second kappa shape index (κ2) is 5.15. The Hall–Kier alpha value is -1.28. The summed E-state index contributed by atoms with van der Waals surface area (Å²) < 4.78 is 24.0. The summed E-state index contributed by atoms with van der Waals surface area (Å²) in [5.41, 5.74) is 2.47. The molecule has 0 fully saturated rings. The average molecular weight is 286 g/mol. The molecule has 18 heavy (non-hydrogen) atoms. The van der Waals surface area contributed by atoms with Gasteiger partial charge in [-0.25, -0.2) is 18.4 Å². The number of aromatic amines is 1. The van der Waals surface area contributed by atoms with Crippen LogP contribution in [-0.4, -0.2) is 34.3 Å². The third-order valence-electron chi connectivity index (χ3n) is 2.42. The molecular formula is C10H14N4O2S2. The first-order chi connectivity index (χ1) is 8.49. The van der Waals surface area contributed by atoms with Crippen molar-refractivity contribution in [3.8, 4) is 0 Å². The minimum atomic E-state index is -3.44. The molecule has 0 aliphatic rings. The predicted octanol–water partition coefficient (Wildman–Crippen LogP) is 1.40. The molecule has 0 saturated carbocycles. The largest absolute Gasteiger partial charge is 0.266 e. The number of aromatic nitrogens is 4. The molecule has 0 bridgehead atoms. The maximum absolute atomic E-state index is 12.0. The van der Waals surface area contributed by atoms with Gasteiger partial charge in [0.05, 0.1) is 17.0 Å². The molecule has 0 radical (unpaired) electrons. The van der Waals surface area contributed by atoms with Gasteiger partial charge in [0.25, 0.3) is 5.16 Å². The molecule has 1 N–H and O–H groups in total. The van der Waals surface area contributed by atoms with Crippen molar-refractivity contribution >= 4 is 21.2 Å². The van der Waals surface area contributed by atoms with Crippen molar-refractivity contribution in [3.05, 3.63) is 22.4 Å². The first kappa shape index (κ1) is 13.2. The molecule has 6 nitrogen and oxygen atoms in total. The van der Waals surface area contributed by atoms with Crippen LogP contribution in [0.4, 0.5) is 0 Å². The standard InChI is InChI=1S/C10H14N4O2S2/c1-7(2)9-12-10(14-13-9)18(15,16)4-3-8-5-17-6-11-8/h5-7H,3-4H2,1-2H3,(H,12,13,14). The number of nitrogens with one attached hydrogen (secondary N) is 1. The number of sulfone groups is 1. The summed E-state index contributed by atoms with van der Waals surface area (Å²) in [5.74, 6) is 0.689. The van der Waals surface area contributed by atoms with E-state index in [1.807, 2.05) is 19.2 Å². The van der Waals surface area contributed by atoms with Crippen LogP contribution >= 0.6 is 11.3 Å². The van der Waals surface area contributed by atoms with E-state index in [-0.39, 0.29) is 16.8 Å². The van der Waals surface area contributed by atoms with Crippen LogP contribution in [0, 0.1) is 0 Å². The van der Waals surface area contributed by atoms with Gasteiger partial charge in [-0.3, -0.25) is 5.10 Å². The Bertz CT molecular complexity index is 602. The molecule has 0 amide bonds. The van der Waals surface area contributed by atoms with Gasteiger partial charge in [-0.15, -0.1) is 16.4 Å². The van der Waals surface area contributed by atoms with Crippen molar-refractivity contribution < 1.29 is 8.42 Å². The maximum Gasteiger partial charge on any atom is 0.266 e. The molecule has 0 spiro atoms. The van der Waals surface area contributed by atoms with Crippen LogP contribution in [0.5, 0.6) is 0 Å². The monoisotopic (exact) mass is 286 g/mol. The summed E-state index contributed by atoms with van der Waals surface area (Å²) in [6, 6.07) is 0. The smallest absolute Gasteiger partial charge is 0.262 e. The number of hydrogen-bond acceptors (Lipinski definition) is 6. The minimum absolute atomic E-state index is 0.0217. The van der Waals surface area contributed by atoms with Crippen molar-refractivity contribution in [3.63, 3.8) is 0 Å². The van der Waals surface area contributed by atoms with Crippen LogP contribution in [0.15, 0.2) is 16.0 Å². The third-order valence-corrected chi connectivity index (χ3v) is 4.53. The van der Waals surface area contributed by atoms with Crippen molar-refractivity contribution in [1.29, 1.82) is 0 Å². The van der Waals surface area contributed by atoms with Crippen LogP contribution in [0.3, 0.4) is 0 Å². The van der Waals surface area contributed by atoms with Crippen molar-refractivity contribution in [2.75, 3.05) is 5.75 Å². The summed E-state index contributed by atoms with van der Waals surface area (Å²) in [5, 5.41) is 8.13. The molecule has 0 aliphatic carbocycles. The number of rotatable bonds is 5. The van der Waals surface area contributed by atoms with E-state index in [0.29, 0.717) is 12.2 Å². The van der Waals surface area contributed by atoms with E-state index in [9.17, 15) is 8.42 Å². The van der Waals surface area contributed by atoms with Crippen LogP contribution in [-0.2, 0) is 16.3 Å². The van der Waals surface area contributed by atoms with E-state index in [1.54, 1.807) is 5.51 Å². The molecule has 2 aromatic rings. The zero-order valence-corrected chi connectivity index (χ0v) is 11.8. The molecule has 0 aliphatic heterocycles. The van der Waals surface area contributed by atoms with Gasteiger partial charge >= 0.3 is 0 Å². The summed E-state index contributed by atoms with van der Waals surface area (Å²) in [7, 11) is -3.44. The van der Waals surface area contributed by atoms with Crippen LogP contribution < -0.4 is 0 Å². The Balaban J connectivity index is 2.10. The lowest BCUT2D eigenvalue weighted by Crippen LogP contribution is -2.11. The van der Waals surface area contributed by atoms with Gasteiger partial charge in [-0.2, -0.15) is 0 Å². The number of aryl methyl sites for hydroxylation is 1. The number of H-pyrrole nitrogens is 1. The summed E-state index contributed by atoms with van der Waals surface area (Å²) >= 11 is 1.45. The summed E-state index contributed by atoms with van der Waals surface area (Å²) in [6.07, 6.45) is 0.386. The number of thiazole rings is 1. The average Bonchev–Trinajstić information content (AvgIpc) is 2.98. The van der Waals surface area contributed by atoms with E-state index in [1.165, 1.54) is 11.3 Å². The quantitative estimate of drug-likeness (QED) is 0.897. The van der Waals surface area contributed by atoms with Gasteiger partial charge in [-0.1, -0.05) is 13.8 Å². The molecule has 2 aromatic heterocycles. The molecule has 8 heteroatoms. The highest BCUT2D eigenvalue weighted by Gasteiger charge is 2.21. The highest BCUT2D eigenvalue weighted by atomic mass is 32.2. The third kappa shape index (κ3) is 2.94. The maximum atomic E-state index is 12.0. The fourth-order valence-corrected chi connectivity index (χ4v) is 3.02. The molecule has 0 atom stereocenters. The van der Waals surface area contributed by atoms with Crippen molar-refractivity contribution in [2.24, 2.45) is 0 Å². The highest BCUT2D eigenvalue weighted by Crippen LogP contribution is 2.13. The van der Waals surface area contributed by atoms with Gasteiger partial charge in [-0.05, 0) is 0 Å². The Labute approximate surface area is 109 Å². The van der Waals surface area contributed by atoms with E-state index in [2.05, 4.69) is 20.2 Å². The minimum Gasteiger partial charge on any atom is -0.262 e. The van der Waals surface area contributed by atoms with E-state index < -0.39 is 9.84 Å². The van der Waals surface area contributed by atoms with Crippen LogP contribution in [0.1, 0.15) is 31.3 Å². The Morgan fingerprint density at radius 2 is 2.22 bits per heavy atom. The molecule has 0 saturated heterocycles.